The summed E-state index contributed by atoms with van der Waals surface area (Å²) in [7, 11) is -9.87. The molecule has 0 bridgehead atoms. The number of unbranched alkanes of at least 4 members (excludes halogenated alkanes) is 33. The number of hydrogen-bond acceptors (Lipinski definition) is 15. The van der Waals surface area contributed by atoms with Crippen LogP contribution in [-0.2, 0) is 65.4 Å². The lowest BCUT2D eigenvalue weighted by atomic mass is 10.0. The molecular weight excluding hydrogens is 1070 g/mol. The maximum absolute atomic E-state index is 12.9. The third kappa shape index (κ3) is 55.3. The average molecular weight is 1190 g/mol. The highest BCUT2D eigenvalue weighted by molar-refractivity contribution is 7.47. The summed E-state index contributed by atoms with van der Waals surface area (Å²) < 4.78 is 67.7. The quantitative estimate of drug-likeness (QED) is 0.0222. The Balaban J connectivity index is 5.18. The highest BCUT2D eigenvalue weighted by Gasteiger charge is 2.30. The van der Waals surface area contributed by atoms with E-state index in [0.29, 0.717) is 25.7 Å². The molecule has 5 atom stereocenters. The van der Waals surface area contributed by atoms with Crippen molar-refractivity contribution < 1.29 is 80.2 Å². The molecule has 0 aromatic rings. The standard InChI is InChI=1S/C61H118O17P2/c1-6-9-12-15-18-19-22-26-31-35-40-45-59(64)72-51-57(78-61(66)47-42-37-32-27-24-21-20-23-25-30-33-38-43-54(4)5)53-76-80(69,70)74-49-55(62)48-73-79(67,68)75-52-56(77-60(65)46-41-36-29-17-14-11-8-3)50-71-58(63)44-39-34-28-16-13-10-7-2/h54-57,62H,6-53H2,1-5H3,(H,67,68)(H,69,70)/t55-,56+,57+/m0/s1. The zero-order chi connectivity index (χ0) is 59.2. The van der Waals surface area contributed by atoms with Gasteiger partial charge in [-0.3, -0.25) is 37.3 Å². The third-order valence-electron chi connectivity index (χ3n) is 14.0. The van der Waals surface area contributed by atoms with Gasteiger partial charge in [0.05, 0.1) is 26.4 Å². The summed E-state index contributed by atoms with van der Waals surface area (Å²) in [4.78, 5) is 71.8. The van der Waals surface area contributed by atoms with E-state index in [9.17, 15) is 43.2 Å². The fourth-order valence-electron chi connectivity index (χ4n) is 9.05. The molecule has 0 radical (unpaired) electrons. The Morgan fingerprint density at radius 2 is 0.575 bits per heavy atom. The molecule has 0 saturated carbocycles. The molecule has 19 heteroatoms. The van der Waals surface area contributed by atoms with Crippen molar-refractivity contribution in [2.75, 3.05) is 39.6 Å². The van der Waals surface area contributed by atoms with Gasteiger partial charge >= 0.3 is 39.5 Å². The Morgan fingerprint density at radius 3 is 0.850 bits per heavy atom. The van der Waals surface area contributed by atoms with Crippen LogP contribution in [-0.4, -0.2) is 96.7 Å². The molecule has 0 saturated heterocycles. The van der Waals surface area contributed by atoms with E-state index in [1.165, 1.54) is 103 Å². The minimum Gasteiger partial charge on any atom is -0.462 e. The average Bonchev–Trinajstić information content (AvgIpc) is 3.42. The molecule has 17 nitrogen and oxygen atoms in total. The summed E-state index contributed by atoms with van der Waals surface area (Å²) in [6.45, 7) is 7.10. The summed E-state index contributed by atoms with van der Waals surface area (Å²) in [6.07, 6.45) is 37.8. The summed E-state index contributed by atoms with van der Waals surface area (Å²) in [6, 6.07) is 0. The molecule has 0 amide bonds. The molecule has 0 aromatic heterocycles. The number of ether oxygens (including phenoxy) is 4. The van der Waals surface area contributed by atoms with E-state index in [0.717, 1.165) is 121 Å². The molecule has 0 aliphatic carbocycles. The fourth-order valence-corrected chi connectivity index (χ4v) is 10.6. The van der Waals surface area contributed by atoms with E-state index >= 15 is 0 Å². The van der Waals surface area contributed by atoms with Crippen LogP contribution in [0.5, 0.6) is 0 Å². The van der Waals surface area contributed by atoms with E-state index in [1.54, 1.807) is 0 Å². The van der Waals surface area contributed by atoms with E-state index < -0.39 is 97.5 Å². The van der Waals surface area contributed by atoms with Crippen LogP contribution in [0.2, 0.25) is 0 Å². The highest BCUT2D eigenvalue weighted by atomic mass is 31.2. The van der Waals surface area contributed by atoms with Crippen molar-refractivity contribution in [3.63, 3.8) is 0 Å². The zero-order valence-corrected chi connectivity index (χ0v) is 53.0. The SMILES string of the molecule is CCCCCCCCCCCCCC(=O)OC[C@H](COP(=O)(O)OC[C@@H](O)COP(=O)(O)OC[C@@H](COC(=O)CCCCCCCCC)OC(=O)CCCCCCCCC)OC(=O)CCCCCCCCCCCCCCC(C)C. The van der Waals surface area contributed by atoms with Gasteiger partial charge in [0.1, 0.15) is 19.3 Å². The first kappa shape index (κ1) is 78.1. The minimum absolute atomic E-state index is 0.103. The van der Waals surface area contributed by atoms with E-state index in [-0.39, 0.29) is 25.7 Å². The normalized spacial score (nSPS) is 14.3. The lowest BCUT2D eigenvalue weighted by Gasteiger charge is -2.21. The van der Waals surface area contributed by atoms with Crippen LogP contribution in [0.15, 0.2) is 0 Å². The Bertz CT molecular complexity index is 1570. The van der Waals surface area contributed by atoms with Crippen LogP contribution in [0.3, 0.4) is 0 Å². The molecule has 0 aromatic carbocycles. The number of phosphoric ester groups is 2. The first-order chi connectivity index (χ1) is 38.5. The number of phosphoric acid groups is 2. The molecule has 474 valence electrons. The predicted octanol–water partition coefficient (Wildman–Crippen LogP) is 16.6. The number of carbonyl (C=O) groups excluding carboxylic acids is 4. The van der Waals surface area contributed by atoms with E-state index in [4.69, 9.17) is 37.0 Å². The first-order valence-corrected chi connectivity index (χ1v) is 35.1. The summed E-state index contributed by atoms with van der Waals surface area (Å²) in [5, 5.41) is 10.5. The fraction of sp³-hybridized carbons (Fsp3) is 0.934. The highest BCUT2D eigenvalue weighted by Crippen LogP contribution is 2.45. The lowest BCUT2D eigenvalue weighted by Crippen LogP contribution is -2.30. The zero-order valence-electron chi connectivity index (χ0n) is 51.2. The van der Waals surface area contributed by atoms with Crippen molar-refractivity contribution in [2.45, 2.75) is 323 Å². The lowest BCUT2D eigenvalue weighted by molar-refractivity contribution is -0.161. The smallest absolute Gasteiger partial charge is 0.462 e. The van der Waals surface area contributed by atoms with Crippen LogP contribution in [0, 0.1) is 5.92 Å². The molecule has 0 spiro atoms. The number of aliphatic hydroxyl groups excluding tert-OH is 1. The number of carbonyl (C=O) groups is 4. The summed E-state index contributed by atoms with van der Waals surface area (Å²) in [5.74, 6) is -1.37. The second-order valence-corrected chi connectivity index (χ2v) is 25.5. The van der Waals surface area contributed by atoms with Crippen LogP contribution >= 0.6 is 15.6 Å². The number of aliphatic hydroxyl groups is 1. The van der Waals surface area contributed by atoms with Crippen molar-refractivity contribution in [3.05, 3.63) is 0 Å². The van der Waals surface area contributed by atoms with Crippen molar-refractivity contribution in [2.24, 2.45) is 5.92 Å². The van der Waals surface area contributed by atoms with Crippen molar-refractivity contribution in [1.29, 1.82) is 0 Å². The van der Waals surface area contributed by atoms with Gasteiger partial charge in [-0.05, 0) is 31.6 Å². The molecule has 3 N–H and O–H groups in total. The van der Waals surface area contributed by atoms with Crippen molar-refractivity contribution in [3.8, 4) is 0 Å². The van der Waals surface area contributed by atoms with Crippen LogP contribution in [0.4, 0.5) is 0 Å². The third-order valence-corrected chi connectivity index (χ3v) is 15.9. The van der Waals surface area contributed by atoms with Crippen molar-refractivity contribution in [1.82, 2.24) is 0 Å². The van der Waals surface area contributed by atoms with Gasteiger partial charge in [0.2, 0.25) is 0 Å². The van der Waals surface area contributed by atoms with Crippen LogP contribution in [0.1, 0.15) is 304 Å². The number of hydrogen-bond donors (Lipinski definition) is 3. The van der Waals surface area contributed by atoms with Gasteiger partial charge in [-0.1, -0.05) is 253 Å². The predicted molar refractivity (Wildman–Crippen MR) is 317 cm³/mol. The number of rotatable bonds is 61. The first-order valence-electron chi connectivity index (χ1n) is 32.1. The van der Waals surface area contributed by atoms with Gasteiger partial charge < -0.3 is 33.8 Å². The summed E-state index contributed by atoms with van der Waals surface area (Å²) >= 11 is 0. The van der Waals surface area contributed by atoms with Gasteiger partial charge in [0.15, 0.2) is 12.2 Å². The Hall–Kier alpha value is -1.94. The maximum Gasteiger partial charge on any atom is 0.472 e. The minimum atomic E-state index is -4.94. The largest absolute Gasteiger partial charge is 0.472 e. The molecular formula is C61H118O17P2. The Labute approximate surface area is 486 Å². The molecule has 0 heterocycles. The van der Waals surface area contributed by atoms with Gasteiger partial charge in [-0.15, -0.1) is 0 Å². The number of esters is 4. The molecule has 0 rings (SSSR count). The second-order valence-electron chi connectivity index (χ2n) is 22.6. The Kier molecular flexibility index (Phi) is 53.6. The molecule has 0 fully saturated rings. The van der Waals surface area contributed by atoms with Gasteiger partial charge in [0.25, 0.3) is 0 Å². The molecule has 80 heavy (non-hydrogen) atoms. The summed E-state index contributed by atoms with van der Waals surface area (Å²) in [5.41, 5.74) is 0. The monoisotopic (exact) mass is 1180 g/mol. The maximum atomic E-state index is 12.9. The van der Waals surface area contributed by atoms with Crippen LogP contribution < -0.4 is 0 Å². The van der Waals surface area contributed by atoms with Gasteiger partial charge in [-0.25, -0.2) is 9.13 Å². The second kappa shape index (κ2) is 55.0. The molecule has 0 aliphatic heterocycles. The molecule has 0 aliphatic rings. The van der Waals surface area contributed by atoms with Crippen molar-refractivity contribution >= 4 is 39.5 Å². The van der Waals surface area contributed by atoms with Gasteiger partial charge in [0, 0.05) is 25.7 Å². The van der Waals surface area contributed by atoms with E-state index in [2.05, 4.69) is 34.6 Å². The van der Waals surface area contributed by atoms with Gasteiger partial charge in [-0.2, -0.15) is 0 Å². The van der Waals surface area contributed by atoms with E-state index in [1.807, 2.05) is 0 Å². The van der Waals surface area contributed by atoms with Crippen LogP contribution in [0.25, 0.3) is 0 Å². The molecule has 2 unspecified atom stereocenters. The Morgan fingerprint density at radius 1 is 0.338 bits per heavy atom. The topological polar surface area (TPSA) is 237 Å².